The number of fused-ring (bicyclic) bond motifs is 3. The van der Waals surface area contributed by atoms with Crippen molar-refractivity contribution in [1.82, 2.24) is 20.1 Å². The fourth-order valence-electron chi connectivity index (χ4n) is 4.17. The molecule has 0 bridgehead atoms. The summed E-state index contributed by atoms with van der Waals surface area (Å²) >= 11 is 0. The van der Waals surface area contributed by atoms with Gasteiger partial charge in [-0.3, -0.25) is 0 Å². The summed E-state index contributed by atoms with van der Waals surface area (Å²) in [4.78, 5) is 4.61. The van der Waals surface area contributed by atoms with E-state index < -0.39 is 0 Å². The highest BCUT2D eigenvalue weighted by Gasteiger charge is 2.19. The van der Waals surface area contributed by atoms with E-state index in [1.54, 1.807) is 0 Å². The molecule has 1 fully saturated rings. The highest BCUT2D eigenvalue weighted by atomic mass is 15.3. The number of rotatable bonds is 5. The number of anilines is 2. The number of nitrogens with zero attached hydrogens (tertiary/aromatic N) is 3. The maximum absolute atomic E-state index is 6.48. The lowest BCUT2D eigenvalue weighted by Crippen LogP contribution is -2.27. The molecule has 3 heterocycles. The van der Waals surface area contributed by atoms with Gasteiger partial charge >= 0.3 is 0 Å². The van der Waals surface area contributed by atoms with Crippen molar-refractivity contribution in [2.75, 3.05) is 24.6 Å². The molecule has 0 unspecified atom stereocenters. The van der Waals surface area contributed by atoms with Crippen LogP contribution in [0, 0.1) is 5.92 Å². The van der Waals surface area contributed by atoms with Gasteiger partial charge in [-0.1, -0.05) is 19.1 Å². The Hall–Kier alpha value is -2.34. The largest absolute Gasteiger partial charge is 0.383 e. The fraction of sp³-hybridized carbons (Fsp3) is 0.500. The predicted octanol–water partition coefficient (Wildman–Crippen LogP) is 3.09. The molecule has 0 amide bonds. The third-order valence-corrected chi connectivity index (χ3v) is 5.57. The van der Waals surface area contributed by atoms with Gasteiger partial charge in [-0.05, 0) is 62.7 Å². The minimum absolute atomic E-state index is 0.463. The first-order valence-corrected chi connectivity index (χ1v) is 9.72. The molecule has 2 aromatic heterocycles. The van der Waals surface area contributed by atoms with Crippen molar-refractivity contribution in [3.8, 4) is 0 Å². The van der Waals surface area contributed by atoms with Crippen LogP contribution in [0.15, 0.2) is 18.2 Å². The number of piperidine rings is 1. The SMILES string of the molecule is CCCn1nc2c(N)nc3cccc(CCC4CCNCC4)c3c2c1N. The zero-order chi connectivity index (χ0) is 18.1. The molecule has 1 aromatic carbocycles. The van der Waals surface area contributed by atoms with E-state index in [0.717, 1.165) is 60.2 Å². The van der Waals surface area contributed by atoms with E-state index >= 15 is 0 Å². The Morgan fingerprint density at radius 3 is 2.77 bits per heavy atom. The van der Waals surface area contributed by atoms with Crippen molar-refractivity contribution in [3.05, 3.63) is 23.8 Å². The first kappa shape index (κ1) is 17.1. The average Bonchev–Trinajstić information content (AvgIpc) is 2.98. The first-order valence-electron chi connectivity index (χ1n) is 9.72. The van der Waals surface area contributed by atoms with Crippen LogP contribution in [0.2, 0.25) is 0 Å². The van der Waals surface area contributed by atoms with E-state index in [1.807, 2.05) is 10.7 Å². The summed E-state index contributed by atoms with van der Waals surface area (Å²) in [6, 6.07) is 6.30. The van der Waals surface area contributed by atoms with E-state index in [9.17, 15) is 0 Å². The lowest BCUT2D eigenvalue weighted by molar-refractivity contribution is 0.354. The Morgan fingerprint density at radius 2 is 2.00 bits per heavy atom. The number of nitrogens with two attached hydrogens (primary N) is 2. The molecule has 0 saturated carbocycles. The number of nitrogen functional groups attached to an aromatic ring is 2. The zero-order valence-electron chi connectivity index (χ0n) is 15.5. The number of aryl methyl sites for hydroxylation is 2. The Morgan fingerprint density at radius 1 is 1.19 bits per heavy atom. The van der Waals surface area contributed by atoms with Crippen molar-refractivity contribution in [2.24, 2.45) is 5.92 Å². The van der Waals surface area contributed by atoms with Crippen molar-refractivity contribution >= 4 is 33.4 Å². The summed E-state index contributed by atoms with van der Waals surface area (Å²) in [5, 5.41) is 10.2. The molecule has 1 saturated heterocycles. The summed E-state index contributed by atoms with van der Waals surface area (Å²) in [7, 11) is 0. The van der Waals surface area contributed by atoms with Crippen molar-refractivity contribution in [2.45, 2.75) is 45.6 Å². The molecule has 5 N–H and O–H groups in total. The van der Waals surface area contributed by atoms with Gasteiger partial charge in [0, 0.05) is 11.9 Å². The highest BCUT2D eigenvalue weighted by Crippen LogP contribution is 2.35. The molecule has 26 heavy (non-hydrogen) atoms. The normalized spacial score (nSPS) is 15.9. The van der Waals surface area contributed by atoms with E-state index in [0.29, 0.717) is 11.6 Å². The number of hydrogen-bond acceptors (Lipinski definition) is 5. The van der Waals surface area contributed by atoms with Crippen LogP contribution in [0.25, 0.3) is 21.8 Å². The minimum Gasteiger partial charge on any atom is -0.383 e. The topological polar surface area (TPSA) is 94.8 Å². The molecule has 3 aromatic rings. The molecule has 6 nitrogen and oxygen atoms in total. The molecule has 0 atom stereocenters. The van der Waals surface area contributed by atoms with Gasteiger partial charge in [-0.2, -0.15) is 5.10 Å². The quantitative estimate of drug-likeness (QED) is 0.656. The molecule has 1 aliphatic rings. The lowest BCUT2D eigenvalue weighted by atomic mass is 9.90. The van der Waals surface area contributed by atoms with E-state index in [1.165, 1.54) is 24.8 Å². The highest BCUT2D eigenvalue weighted by molar-refractivity contribution is 6.14. The van der Waals surface area contributed by atoms with Gasteiger partial charge in [0.2, 0.25) is 0 Å². The second-order valence-corrected chi connectivity index (χ2v) is 7.37. The summed E-state index contributed by atoms with van der Waals surface area (Å²) in [5.41, 5.74) is 15.6. The van der Waals surface area contributed by atoms with Crippen molar-refractivity contribution in [1.29, 1.82) is 0 Å². The van der Waals surface area contributed by atoms with Crippen LogP contribution in [0.1, 0.15) is 38.2 Å². The van der Waals surface area contributed by atoms with Crippen LogP contribution in [-0.2, 0) is 13.0 Å². The van der Waals surface area contributed by atoms with Gasteiger partial charge in [-0.15, -0.1) is 0 Å². The van der Waals surface area contributed by atoms with Gasteiger partial charge in [-0.25, -0.2) is 9.67 Å². The molecule has 6 heteroatoms. The van der Waals surface area contributed by atoms with Crippen LogP contribution in [0.4, 0.5) is 11.6 Å². The Bertz CT molecular complexity index is 923. The lowest BCUT2D eigenvalue weighted by Gasteiger charge is -2.22. The van der Waals surface area contributed by atoms with Gasteiger partial charge in [0.15, 0.2) is 5.82 Å². The molecule has 0 spiro atoms. The molecule has 0 aliphatic carbocycles. The molecular formula is C20H28N6. The summed E-state index contributed by atoms with van der Waals surface area (Å²) < 4.78 is 1.87. The number of nitrogens with one attached hydrogen (secondary N) is 1. The molecule has 138 valence electrons. The van der Waals surface area contributed by atoms with Crippen LogP contribution in [0.5, 0.6) is 0 Å². The Labute approximate surface area is 153 Å². The van der Waals surface area contributed by atoms with Crippen molar-refractivity contribution in [3.63, 3.8) is 0 Å². The maximum Gasteiger partial charge on any atom is 0.152 e. The molecule has 1 aliphatic heterocycles. The number of pyridine rings is 1. The van der Waals surface area contributed by atoms with Crippen LogP contribution in [-0.4, -0.2) is 27.9 Å². The standard InChI is InChI=1S/C20H28N6/c1-2-12-26-20(22)17-16-14(7-6-13-8-10-23-11-9-13)4-3-5-15(16)24-19(21)18(17)25-26/h3-5,13,23H,2,6-12,22H2,1H3,(H2,21,24). The predicted molar refractivity (Wildman–Crippen MR) is 108 cm³/mol. The first-order chi connectivity index (χ1) is 12.7. The van der Waals surface area contributed by atoms with E-state index in [4.69, 9.17) is 11.5 Å². The van der Waals surface area contributed by atoms with Gasteiger partial charge in [0.05, 0.1) is 10.9 Å². The monoisotopic (exact) mass is 352 g/mol. The Kier molecular flexibility index (Phi) is 4.68. The third-order valence-electron chi connectivity index (χ3n) is 5.57. The summed E-state index contributed by atoms with van der Waals surface area (Å²) in [6.45, 7) is 5.19. The second kappa shape index (κ2) is 7.11. The van der Waals surface area contributed by atoms with Crippen LogP contribution in [0.3, 0.4) is 0 Å². The fourth-order valence-corrected chi connectivity index (χ4v) is 4.17. The maximum atomic E-state index is 6.48. The van der Waals surface area contributed by atoms with Crippen molar-refractivity contribution < 1.29 is 0 Å². The molecular weight excluding hydrogens is 324 g/mol. The molecule has 4 rings (SSSR count). The molecule has 0 radical (unpaired) electrons. The second-order valence-electron chi connectivity index (χ2n) is 7.37. The minimum atomic E-state index is 0.463. The smallest absolute Gasteiger partial charge is 0.152 e. The van der Waals surface area contributed by atoms with Gasteiger partial charge in [0.25, 0.3) is 0 Å². The van der Waals surface area contributed by atoms with Gasteiger partial charge in [0.1, 0.15) is 11.3 Å². The Balaban J connectivity index is 1.80. The summed E-state index contributed by atoms with van der Waals surface area (Å²) in [5.74, 6) is 1.96. The van der Waals surface area contributed by atoms with E-state index in [2.05, 4.69) is 34.5 Å². The average molecular weight is 352 g/mol. The van der Waals surface area contributed by atoms with Crippen LogP contribution < -0.4 is 16.8 Å². The number of aromatic nitrogens is 3. The van der Waals surface area contributed by atoms with E-state index in [-0.39, 0.29) is 0 Å². The number of hydrogen-bond donors (Lipinski definition) is 3. The summed E-state index contributed by atoms with van der Waals surface area (Å²) in [6.07, 6.45) is 5.76. The number of benzene rings is 1. The van der Waals surface area contributed by atoms with Crippen LogP contribution >= 0.6 is 0 Å². The zero-order valence-corrected chi connectivity index (χ0v) is 15.5. The third kappa shape index (κ3) is 2.98. The van der Waals surface area contributed by atoms with Gasteiger partial charge < -0.3 is 16.8 Å².